The van der Waals surface area contributed by atoms with E-state index in [2.05, 4.69) is 16.7 Å². The van der Waals surface area contributed by atoms with E-state index in [1.807, 2.05) is 69.3 Å². The minimum Gasteiger partial charge on any atom is -0.326 e. The van der Waals surface area contributed by atoms with Crippen LogP contribution in [-0.4, -0.2) is 17.1 Å². The standard InChI is InChI=1S/C26H27ClN2O2S/c1-4-24(26(31)29-23-13-8-17(2)14-18(23)3)32-22-7-5-6-21(16-22)28-25(30)15-19-9-11-20(27)12-10-19/h5-14,16,24H,4,15H2,1-3H3,(H,28,30)(H,29,31). The van der Waals surface area contributed by atoms with Gasteiger partial charge in [-0.1, -0.05) is 54.4 Å². The molecule has 0 aliphatic carbocycles. The van der Waals surface area contributed by atoms with E-state index >= 15 is 0 Å². The van der Waals surface area contributed by atoms with Crippen LogP contribution in [0.5, 0.6) is 0 Å². The van der Waals surface area contributed by atoms with Crippen LogP contribution in [0.2, 0.25) is 5.02 Å². The molecule has 0 heterocycles. The molecule has 0 bridgehead atoms. The number of benzene rings is 3. The van der Waals surface area contributed by atoms with Gasteiger partial charge in [-0.2, -0.15) is 0 Å². The highest BCUT2D eigenvalue weighted by Crippen LogP contribution is 2.29. The summed E-state index contributed by atoms with van der Waals surface area (Å²) in [6.07, 6.45) is 0.957. The zero-order valence-corrected chi connectivity index (χ0v) is 20.0. The number of amides is 2. The molecule has 1 atom stereocenters. The lowest BCUT2D eigenvalue weighted by Gasteiger charge is -2.17. The van der Waals surface area contributed by atoms with E-state index in [0.29, 0.717) is 17.1 Å². The smallest absolute Gasteiger partial charge is 0.237 e. The Morgan fingerprint density at radius 3 is 2.41 bits per heavy atom. The van der Waals surface area contributed by atoms with Gasteiger partial charge in [0.15, 0.2) is 0 Å². The Balaban J connectivity index is 1.62. The predicted molar refractivity (Wildman–Crippen MR) is 135 cm³/mol. The molecule has 1 unspecified atom stereocenters. The molecule has 0 aliphatic rings. The quantitative estimate of drug-likeness (QED) is 0.365. The van der Waals surface area contributed by atoms with Crippen LogP contribution in [0, 0.1) is 13.8 Å². The molecule has 4 nitrogen and oxygen atoms in total. The van der Waals surface area contributed by atoms with E-state index in [9.17, 15) is 9.59 Å². The third-order valence-corrected chi connectivity index (χ3v) is 6.59. The average molecular weight is 467 g/mol. The predicted octanol–water partition coefficient (Wildman–Crippen LogP) is 6.65. The Morgan fingerprint density at radius 2 is 1.72 bits per heavy atom. The highest BCUT2D eigenvalue weighted by atomic mass is 35.5. The van der Waals surface area contributed by atoms with E-state index in [0.717, 1.165) is 27.3 Å². The fraction of sp³-hybridized carbons (Fsp3) is 0.231. The summed E-state index contributed by atoms with van der Waals surface area (Å²) in [6.45, 7) is 6.02. The van der Waals surface area contributed by atoms with Gasteiger partial charge in [0.25, 0.3) is 0 Å². The lowest BCUT2D eigenvalue weighted by Crippen LogP contribution is -2.25. The molecule has 3 aromatic carbocycles. The van der Waals surface area contributed by atoms with E-state index < -0.39 is 0 Å². The van der Waals surface area contributed by atoms with Crippen LogP contribution in [-0.2, 0) is 16.0 Å². The Bertz CT molecular complexity index is 1100. The van der Waals surface area contributed by atoms with Gasteiger partial charge in [0, 0.05) is 21.3 Å². The molecule has 2 amide bonds. The van der Waals surface area contributed by atoms with Gasteiger partial charge in [0.2, 0.25) is 11.8 Å². The summed E-state index contributed by atoms with van der Waals surface area (Å²) in [5.74, 6) is -0.129. The summed E-state index contributed by atoms with van der Waals surface area (Å²) in [4.78, 5) is 26.2. The van der Waals surface area contributed by atoms with Crippen LogP contribution in [0.3, 0.4) is 0 Å². The van der Waals surface area contributed by atoms with E-state index in [4.69, 9.17) is 11.6 Å². The summed E-state index contributed by atoms with van der Waals surface area (Å²) >= 11 is 7.39. The molecular formula is C26H27ClN2O2S. The average Bonchev–Trinajstić information content (AvgIpc) is 2.75. The van der Waals surface area contributed by atoms with Crippen molar-refractivity contribution in [2.75, 3.05) is 10.6 Å². The van der Waals surface area contributed by atoms with Gasteiger partial charge in [-0.3, -0.25) is 9.59 Å². The fourth-order valence-electron chi connectivity index (χ4n) is 3.29. The highest BCUT2D eigenvalue weighted by Gasteiger charge is 2.19. The fourth-order valence-corrected chi connectivity index (χ4v) is 4.43. The topological polar surface area (TPSA) is 58.2 Å². The molecule has 0 fully saturated rings. The van der Waals surface area contributed by atoms with Crippen LogP contribution >= 0.6 is 23.4 Å². The maximum atomic E-state index is 12.9. The van der Waals surface area contributed by atoms with Crippen molar-refractivity contribution in [3.63, 3.8) is 0 Å². The third-order valence-electron chi connectivity index (χ3n) is 4.98. The number of carbonyl (C=O) groups is 2. The molecular weight excluding hydrogens is 440 g/mol. The molecule has 6 heteroatoms. The molecule has 0 aromatic heterocycles. The van der Waals surface area contributed by atoms with Crippen LogP contribution in [0.1, 0.15) is 30.0 Å². The molecule has 32 heavy (non-hydrogen) atoms. The molecule has 2 N–H and O–H groups in total. The van der Waals surface area contributed by atoms with Crippen molar-refractivity contribution in [1.82, 2.24) is 0 Å². The number of thioether (sulfide) groups is 1. The van der Waals surface area contributed by atoms with Gasteiger partial charge in [0.05, 0.1) is 11.7 Å². The first kappa shape index (κ1) is 23.9. The number of hydrogen-bond donors (Lipinski definition) is 2. The van der Waals surface area contributed by atoms with Crippen molar-refractivity contribution >= 4 is 46.6 Å². The van der Waals surface area contributed by atoms with Crippen molar-refractivity contribution in [2.24, 2.45) is 0 Å². The van der Waals surface area contributed by atoms with Crippen molar-refractivity contribution in [3.8, 4) is 0 Å². The van der Waals surface area contributed by atoms with E-state index in [-0.39, 0.29) is 23.5 Å². The number of halogens is 1. The maximum absolute atomic E-state index is 12.9. The van der Waals surface area contributed by atoms with Gasteiger partial charge < -0.3 is 10.6 Å². The maximum Gasteiger partial charge on any atom is 0.237 e. The number of anilines is 2. The van der Waals surface area contributed by atoms with Gasteiger partial charge in [-0.05, 0) is 67.8 Å². The molecule has 0 saturated heterocycles. The zero-order valence-electron chi connectivity index (χ0n) is 18.4. The molecule has 3 aromatic rings. The molecule has 0 spiro atoms. The largest absolute Gasteiger partial charge is 0.326 e. The molecule has 3 rings (SSSR count). The molecule has 166 valence electrons. The number of rotatable bonds is 8. The van der Waals surface area contributed by atoms with Crippen molar-refractivity contribution in [1.29, 1.82) is 0 Å². The first-order chi connectivity index (χ1) is 15.3. The molecule has 0 saturated carbocycles. The Labute approximate surface area is 198 Å². The summed E-state index contributed by atoms with van der Waals surface area (Å²) in [5, 5.41) is 6.38. The SMILES string of the molecule is CCC(Sc1cccc(NC(=O)Cc2ccc(Cl)cc2)c1)C(=O)Nc1ccc(C)cc1C. The van der Waals surface area contributed by atoms with Crippen molar-refractivity contribution in [2.45, 2.75) is 43.8 Å². The monoisotopic (exact) mass is 466 g/mol. The van der Waals surface area contributed by atoms with Crippen LogP contribution in [0.25, 0.3) is 0 Å². The number of aryl methyl sites for hydroxylation is 2. The zero-order chi connectivity index (χ0) is 23.1. The van der Waals surface area contributed by atoms with Crippen LogP contribution in [0.15, 0.2) is 71.6 Å². The Morgan fingerprint density at radius 1 is 0.969 bits per heavy atom. The lowest BCUT2D eigenvalue weighted by atomic mass is 10.1. The third kappa shape index (κ3) is 6.87. The first-order valence-corrected chi connectivity index (χ1v) is 11.8. The van der Waals surface area contributed by atoms with Crippen molar-refractivity contribution < 1.29 is 9.59 Å². The number of nitrogens with one attached hydrogen (secondary N) is 2. The second kappa shape index (κ2) is 11.2. The van der Waals surface area contributed by atoms with E-state index in [1.54, 1.807) is 12.1 Å². The Hall–Kier alpha value is -2.76. The minimum atomic E-state index is -0.240. The summed E-state index contributed by atoms with van der Waals surface area (Å²) in [7, 11) is 0. The second-order valence-corrected chi connectivity index (χ2v) is 9.41. The number of hydrogen-bond acceptors (Lipinski definition) is 3. The Kier molecular flexibility index (Phi) is 8.37. The van der Waals surface area contributed by atoms with Gasteiger partial charge in [-0.25, -0.2) is 0 Å². The van der Waals surface area contributed by atoms with E-state index in [1.165, 1.54) is 11.8 Å². The summed E-state index contributed by atoms with van der Waals surface area (Å²) < 4.78 is 0. The normalized spacial score (nSPS) is 11.6. The highest BCUT2D eigenvalue weighted by molar-refractivity contribution is 8.00. The molecule has 0 radical (unpaired) electrons. The van der Waals surface area contributed by atoms with Gasteiger partial charge in [0.1, 0.15) is 0 Å². The minimum absolute atomic E-state index is 0.0263. The van der Waals surface area contributed by atoms with Gasteiger partial charge >= 0.3 is 0 Å². The summed E-state index contributed by atoms with van der Waals surface area (Å²) in [5.41, 5.74) is 4.65. The van der Waals surface area contributed by atoms with Crippen molar-refractivity contribution in [3.05, 3.63) is 88.4 Å². The first-order valence-electron chi connectivity index (χ1n) is 10.5. The van der Waals surface area contributed by atoms with Gasteiger partial charge in [-0.15, -0.1) is 11.8 Å². The van der Waals surface area contributed by atoms with Crippen LogP contribution < -0.4 is 10.6 Å². The molecule has 0 aliphatic heterocycles. The number of carbonyl (C=O) groups excluding carboxylic acids is 2. The second-order valence-electron chi connectivity index (χ2n) is 7.70. The lowest BCUT2D eigenvalue weighted by molar-refractivity contribution is -0.116. The summed E-state index contributed by atoms with van der Waals surface area (Å²) in [6, 6.07) is 20.8. The van der Waals surface area contributed by atoms with Crippen LogP contribution in [0.4, 0.5) is 11.4 Å².